The van der Waals surface area contributed by atoms with E-state index in [1.807, 2.05) is 25.1 Å². The lowest BCUT2D eigenvalue weighted by Gasteiger charge is -2.32. The minimum Gasteiger partial charge on any atom is -0.493 e. The molecule has 1 aromatic rings. The SMILES string of the molecule is CCNCCC(C)(O)CC1CCOc2ccccc21. The number of ether oxygens (including phenoxy) is 1. The molecule has 2 N–H and O–H groups in total. The second-order valence-electron chi connectivity index (χ2n) is 5.68. The maximum absolute atomic E-state index is 10.5. The summed E-state index contributed by atoms with van der Waals surface area (Å²) in [7, 11) is 0. The third-order valence-corrected chi connectivity index (χ3v) is 3.86. The highest BCUT2D eigenvalue weighted by atomic mass is 16.5. The monoisotopic (exact) mass is 263 g/mol. The van der Waals surface area contributed by atoms with Crippen molar-refractivity contribution in [1.29, 1.82) is 0 Å². The van der Waals surface area contributed by atoms with Crippen LogP contribution in [0.4, 0.5) is 0 Å². The lowest BCUT2D eigenvalue weighted by Crippen LogP contribution is -2.33. The van der Waals surface area contributed by atoms with Crippen LogP contribution in [0.3, 0.4) is 0 Å². The Morgan fingerprint density at radius 1 is 1.42 bits per heavy atom. The first kappa shape index (κ1) is 14.4. The largest absolute Gasteiger partial charge is 0.493 e. The van der Waals surface area contributed by atoms with Crippen LogP contribution in [0.2, 0.25) is 0 Å². The van der Waals surface area contributed by atoms with E-state index in [0.29, 0.717) is 5.92 Å². The van der Waals surface area contributed by atoms with Crippen molar-refractivity contribution in [2.45, 2.75) is 44.6 Å². The number of hydrogen-bond acceptors (Lipinski definition) is 3. The van der Waals surface area contributed by atoms with Gasteiger partial charge in [0.25, 0.3) is 0 Å². The Hall–Kier alpha value is -1.06. The quantitative estimate of drug-likeness (QED) is 0.775. The lowest BCUT2D eigenvalue weighted by molar-refractivity contribution is 0.0309. The molecule has 0 aliphatic carbocycles. The van der Waals surface area contributed by atoms with Gasteiger partial charge in [0.2, 0.25) is 0 Å². The normalized spacial score (nSPS) is 21.3. The van der Waals surface area contributed by atoms with Gasteiger partial charge in [0.1, 0.15) is 5.75 Å². The molecule has 19 heavy (non-hydrogen) atoms. The molecule has 0 saturated heterocycles. The van der Waals surface area contributed by atoms with Crippen molar-refractivity contribution in [3.8, 4) is 5.75 Å². The maximum Gasteiger partial charge on any atom is 0.122 e. The predicted molar refractivity (Wildman–Crippen MR) is 77.7 cm³/mol. The molecule has 0 bridgehead atoms. The first-order valence-electron chi connectivity index (χ1n) is 7.27. The Kier molecular flexibility index (Phi) is 4.83. The second kappa shape index (κ2) is 6.40. The van der Waals surface area contributed by atoms with Gasteiger partial charge < -0.3 is 15.2 Å². The van der Waals surface area contributed by atoms with Crippen LogP contribution >= 0.6 is 0 Å². The topological polar surface area (TPSA) is 41.5 Å². The summed E-state index contributed by atoms with van der Waals surface area (Å²) in [5.74, 6) is 1.39. The van der Waals surface area contributed by atoms with Gasteiger partial charge in [0, 0.05) is 0 Å². The van der Waals surface area contributed by atoms with E-state index < -0.39 is 5.60 Å². The molecule has 1 aliphatic rings. The van der Waals surface area contributed by atoms with Gasteiger partial charge in [-0.25, -0.2) is 0 Å². The number of benzene rings is 1. The molecule has 1 heterocycles. The average molecular weight is 263 g/mol. The third kappa shape index (κ3) is 3.95. The maximum atomic E-state index is 10.5. The van der Waals surface area contributed by atoms with Gasteiger partial charge in [-0.1, -0.05) is 25.1 Å². The smallest absolute Gasteiger partial charge is 0.122 e. The van der Waals surface area contributed by atoms with E-state index in [-0.39, 0.29) is 0 Å². The molecule has 0 spiro atoms. The van der Waals surface area contributed by atoms with E-state index in [4.69, 9.17) is 4.74 Å². The lowest BCUT2D eigenvalue weighted by atomic mass is 9.82. The fraction of sp³-hybridized carbons (Fsp3) is 0.625. The molecule has 3 heteroatoms. The van der Waals surface area contributed by atoms with Crippen LogP contribution in [0, 0.1) is 0 Å². The Balaban J connectivity index is 1.99. The molecule has 0 fully saturated rings. The average Bonchev–Trinajstić information content (AvgIpc) is 2.39. The van der Waals surface area contributed by atoms with Crippen LogP contribution in [-0.2, 0) is 0 Å². The minimum absolute atomic E-state index is 0.404. The van der Waals surface area contributed by atoms with Crippen LogP contribution in [0.1, 0.15) is 44.6 Å². The Morgan fingerprint density at radius 3 is 3.00 bits per heavy atom. The molecule has 2 atom stereocenters. The first-order valence-corrected chi connectivity index (χ1v) is 7.27. The van der Waals surface area contributed by atoms with Crippen molar-refractivity contribution in [3.63, 3.8) is 0 Å². The fourth-order valence-corrected chi connectivity index (χ4v) is 2.80. The molecular weight excluding hydrogens is 238 g/mol. The molecule has 1 aliphatic heterocycles. The molecule has 2 rings (SSSR count). The summed E-state index contributed by atoms with van der Waals surface area (Å²) in [6.07, 6.45) is 2.59. The second-order valence-corrected chi connectivity index (χ2v) is 5.68. The van der Waals surface area contributed by atoms with E-state index >= 15 is 0 Å². The summed E-state index contributed by atoms with van der Waals surface area (Å²) in [4.78, 5) is 0. The number of fused-ring (bicyclic) bond motifs is 1. The zero-order chi connectivity index (χ0) is 13.7. The zero-order valence-electron chi connectivity index (χ0n) is 12.0. The van der Waals surface area contributed by atoms with Gasteiger partial charge >= 0.3 is 0 Å². The van der Waals surface area contributed by atoms with Crippen molar-refractivity contribution in [1.82, 2.24) is 5.32 Å². The van der Waals surface area contributed by atoms with Gasteiger partial charge in [-0.2, -0.15) is 0 Å². The number of rotatable bonds is 6. The van der Waals surface area contributed by atoms with Gasteiger partial charge in [-0.3, -0.25) is 0 Å². The van der Waals surface area contributed by atoms with Crippen molar-refractivity contribution >= 4 is 0 Å². The van der Waals surface area contributed by atoms with Crippen molar-refractivity contribution in [2.24, 2.45) is 0 Å². The summed E-state index contributed by atoms with van der Waals surface area (Å²) in [5.41, 5.74) is 0.634. The summed E-state index contributed by atoms with van der Waals surface area (Å²) < 4.78 is 5.67. The summed E-state index contributed by atoms with van der Waals surface area (Å²) in [5, 5.41) is 13.8. The molecule has 2 unspecified atom stereocenters. The van der Waals surface area contributed by atoms with Crippen LogP contribution in [0.15, 0.2) is 24.3 Å². The molecule has 1 aromatic carbocycles. The highest BCUT2D eigenvalue weighted by molar-refractivity contribution is 5.37. The zero-order valence-corrected chi connectivity index (χ0v) is 12.0. The van der Waals surface area contributed by atoms with Gasteiger partial charge in [0.15, 0.2) is 0 Å². The minimum atomic E-state index is -0.614. The number of hydrogen-bond donors (Lipinski definition) is 2. The van der Waals surface area contributed by atoms with Crippen molar-refractivity contribution < 1.29 is 9.84 Å². The van der Waals surface area contributed by atoms with E-state index in [2.05, 4.69) is 18.3 Å². The van der Waals surface area contributed by atoms with Crippen LogP contribution in [-0.4, -0.2) is 30.4 Å². The molecular formula is C16H25NO2. The Labute approximate surface area is 116 Å². The number of para-hydroxylation sites is 1. The molecule has 0 aromatic heterocycles. The number of nitrogens with one attached hydrogen (secondary N) is 1. The highest BCUT2D eigenvalue weighted by Crippen LogP contribution is 2.38. The Bertz CT molecular complexity index is 403. The van der Waals surface area contributed by atoms with Crippen molar-refractivity contribution in [3.05, 3.63) is 29.8 Å². The molecule has 106 valence electrons. The highest BCUT2D eigenvalue weighted by Gasteiger charge is 2.29. The fourth-order valence-electron chi connectivity index (χ4n) is 2.80. The van der Waals surface area contributed by atoms with Gasteiger partial charge in [-0.05, 0) is 56.8 Å². The van der Waals surface area contributed by atoms with Crippen molar-refractivity contribution in [2.75, 3.05) is 19.7 Å². The van der Waals surface area contributed by atoms with E-state index in [9.17, 15) is 5.11 Å². The van der Waals surface area contributed by atoms with Crippen LogP contribution in [0.25, 0.3) is 0 Å². The van der Waals surface area contributed by atoms with Gasteiger partial charge in [0.05, 0.1) is 12.2 Å². The molecule has 0 saturated carbocycles. The molecule has 0 amide bonds. The summed E-state index contributed by atoms with van der Waals surface area (Å²) in [6, 6.07) is 8.20. The third-order valence-electron chi connectivity index (χ3n) is 3.86. The van der Waals surface area contributed by atoms with Crippen LogP contribution < -0.4 is 10.1 Å². The number of aliphatic hydroxyl groups is 1. The van der Waals surface area contributed by atoms with E-state index in [1.54, 1.807) is 0 Å². The standard InChI is InChI=1S/C16H25NO2/c1-3-17-10-9-16(2,18)12-13-8-11-19-15-7-5-4-6-14(13)15/h4-7,13,17-18H,3,8-12H2,1-2H3. The van der Waals surface area contributed by atoms with Crippen LogP contribution in [0.5, 0.6) is 5.75 Å². The Morgan fingerprint density at radius 2 is 2.21 bits per heavy atom. The first-order chi connectivity index (χ1) is 9.12. The summed E-state index contributed by atoms with van der Waals surface area (Å²) in [6.45, 7) is 6.61. The summed E-state index contributed by atoms with van der Waals surface area (Å²) >= 11 is 0. The molecule has 0 radical (unpaired) electrons. The molecule has 3 nitrogen and oxygen atoms in total. The van der Waals surface area contributed by atoms with E-state index in [0.717, 1.165) is 44.7 Å². The van der Waals surface area contributed by atoms with E-state index in [1.165, 1.54) is 5.56 Å². The predicted octanol–water partition coefficient (Wildman–Crippen LogP) is 2.69. The van der Waals surface area contributed by atoms with Gasteiger partial charge in [-0.15, -0.1) is 0 Å².